The van der Waals surface area contributed by atoms with Crippen LogP contribution in [0.25, 0.3) is 5.65 Å². The van der Waals surface area contributed by atoms with E-state index in [1.54, 1.807) is 12.4 Å². The largest absolute Gasteiger partial charge is 0.444 e. The van der Waals surface area contributed by atoms with Crippen LogP contribution in [0.2, 0.25) is 0 Å². The van der Waals surface area contributed by atoms with E-state index in [0.29, 0.717) is 18.3 Å². The summed E-state index contributed by atoms with van der Waals surface area (Å²) in [5, 5.41) is 6.44. The van der Waals surface area contributed by atoms with Crippen LogP contribution in [0.4, 0.5) is 11.6 Å². The van der Waals surface area contributed by atoms with E-state index in [1.165, 1.54) is 0 Å². The van der Waals surface area contributed by atoms with Gasteiger partial charge in [0.05, 0.1) is 18.9 Å². The highest BCUT2D eigenvalue weighted by Crippen LogP contribution is 2.17. The van der Waals surface area contributed by atoms with E-state index in [4.69, 9.17) is 4.42 Å². The summed E-state index contributed by atoms with van der Waals surface area (Å²) in [4.78, 5) is 13.1. The van der Waals surface area contributed by atoms with Crippen molar-refractivity contribution in [2.24, 2.45) is 0 Å². The van der Waals surface area contributed by atoms with Gasteiger partial charge in [-0.3, -0.25) is 0 Å². The molecule has 3 aromatic heterocycles. The first-order valence-electron chi connectivity index (χ1n) is 7.05. The zero-order chi connectivity index (χ0) is 14.7. The lowest BCUT2D eigenvalue weighted by molar-refractivity contribution is 0.465. The first-order chi connectivity index (χ1) is 10.3. The fraction of sp³-hybridized carbons (Fsp3) is 0.357. The molecule has 21 heavy (non-hydrogen) atoms. The molecule has 3 rings (SSSR count). The number of imidazole rings is 1. The zero-order valence-electron chi connectivity index (χ0n) is 12.1. The van der Waals surface area contributed by atoms with Crippen LogP contribution < -0.4 is 10.6 Å². The predicted molar refractivity (Wildman–Crippen MR) is 80.4 cm³/mol. The zero-order valence-corrected chi connectivity index (χ0v) is 12.1. The molecular weight excluding hydrogens is 268 g/mol. The van der Waals surface area contributed by atoms with Crippen molar-refractivity contribution in [3.05, 3.63) is 36.4 Å². The van der Waals surface area contributed by atoms with Crippen LogP contribution >= 0.6 is 0 Å². The average Bonchev–Trinajstić information content (AvgIpc) is 3.13. The summed E-state index contributed by atoms with van der Waals surface area (Å²) in [6.45, 7) is 5.36. The Morgan fingerprint density at radius 3 is 2.90 bits per heavy atom. The molecule has 0 aliphatic carbocycles. The molecule has 0 fully saturated rings. The van der Waals surface area contributed by atoms with Crippen LogP contribution in [0.1, 0.15) is 25.5 Å². The van der Waals surface area contributed by atoms with E-state index in [0.717, 1.165) is 30.2 Å². The van der Waals surface area contributed by atoms with Crippen molar-refractivity contribution < 1.29 is 4.42 Å². The smallest absolute Gasteiger partial charge is 0.213 e. The average molecular weight is 286 g/mol. The maximum Gasteiger partial charge on any atom is 0.213 e. The first kappa shape index (κ1) is 13.4. The summed E-state index contributed by atoms with van der Waals surface area (Å²) >= 11 is 0. The minimum atomic E-state index is 0.477. The topological polar surface area (TPSA) is 80.3 Å². The molecule has 3 heterocycles. The normalized spacial score (nSPS) is 11.0. The van der Waals surface area contributed by atoms with Crippen molar-refractivity contribution in [3.8, 4) is 0 Å². The molecule has 7 nitrogen and oxygen atoms in total. The van der Waals surface area contributed by atoms with Crippen molar-refractivity contribution in [3.63, 3.8) is 0 Å². The molecule has 7 heteroatoms. The quantitative estimate of drug-likeness (QED) is 0.724. The Morgan fingerprint density at radius 1 is 1.24 bits per heavy atom. The lowest BCUT2D eigenvalue weighted by Gasteiger charge is -2.09. The minimum absolute atomic E-state index is 0.477. The van der Waals surface area contributed by atoms with Crippen molar-refractivity contribution in [2.75, 3.05) is 17.2 Å². The standard InChI is InChI=1S/C14H18N6O/c1-3-10-7-17-12(21-10)8-18-13-14-16-5-6-20(14)9-11(19-13)15-4-2/h5-7,9,15H,3-4,8H2,1-2H3,(H,18,19). The van der Waals surface area contributed by atoms with Gasteiger partial charge in [-0.2, -0.15) is 0 Å². The molecule has 0 amide bonds. The number of hydrogen-bond acceptors (Lipinski definition) is 6. The summed E-state index contributed by atoms with van der Waals surface area (Å²) < 4.78 is 7.51. The molecule has 0 saturated heterocycles. The molecule has 0 aromatic carbocycles. The van der Waals surface area contributed by atoms with Gasteiger partial charge in [0.25, 0.3) is 0 Å². The third kappa shape index (κ3) is 2.81. The van der Waals surface area contributed by atoms with Crippen LogP contribution in [0.5, 0.6) is 0 Å². The van der Waals surface area contributed by atoms with E-state index in [9.17, 15) is 0 Å². The number of anilines is 2. The highest BCUT2D eigenvalue weighted by molar-refractivity contribution is 5.65. The molecule has 110 valence electrons. The monoisotopic (exact) mass is 286 g/mol. The molecule has 0 aliphatic rings. The maximum absolute atomic E-state index is 5.58. The second-order valence-electron chi connectivity index (χ2n) is 4.59. The van der Waals surface area contributed by atoms with Gasteiger partial charge in [0.1, 0.15) is 11.6 Å². The Balaban J connectivity index is 1.83. The molecule has 0 radical (unpaired) electrons. The number of rotatable bonds is 6. The molecule has 0 atom stereocenters. The lowest BCUT2D eigenvalue weighted by atomic mass is 10.4. The maximum atomic E-state index is 5.58. The van der Waals surface area contributed by atoms with Crippen molar-refractivity contribution in [1.29, 1.82) is 0 Å². The number of hydrogen-bond donors (Lipinski definition) is 2. The Kier molecular flexibility index (Phi) is 3.72. The third-order valence-corrected chi connectivity index (χ3v) is 3.09. The van der Waals surface area contributed by atoms with Gasteiger partial charge in [-0.05, 0) is 6.92 Å². The second-order valence-corrected chi connectivity index (χ2v) is 4.59. The Bertz CT molecular complexity index is 732. The lowest BCUT2D eigenvalue weighted by Crippen LogP contribution is -2.07. The fourth-order valence-corrected chi connectivity index (χ4v) is 2.07. The van der Waals surface area contributed by atoms with E-state index in [-0.39, 0.29) is 0 Å². The van der Waals surface area contributed by atoms with Crippen molar-refractivity contribution in [1.82, 2.24) is 19.4 Å². The van der Waals surface area contributed by atoms with Gasteiger partial charge in [0.15, 0.2) is 11.5 Å². The van der Waals surface area contributed by atoms with Crippen LogP contribution in [0.15, 0.2) is 29.2 Å². The molecule has 0 aliphatic heterocycles. The van der Waals surface area contributed by atoms with Crippen LogP contribution in [-0.4, -0.2) is 25.9 Å². The molecular formula is C14H18N6O. The van der Waals surface area contributed by atoms with Crippen LogP contribution in [-0.2, 0) is 13.0 Å². The first-order valence-corrected chi connectivity index (χ1v) is 7.05. The minimum Gasteiger partial charge on any atom is -0.444 e. The van der Waals surface area contributed by atoms with Crippen LogP contribution in [0.3, 0.4) is 0 Å². The predicted octanol–water partition coefficient (Wildman–Crippen LogP) is 2.32. The van der Waals surface area contributed by atoms with E-state index in [2.05, 4.69) is 25.6 Å². The van der Waals surface area contributed by atoms with Gasteiger partial charge in [-0.1, -0.05) is 6.92 Å². The Hall–Kier alpha value is -2.57. The number of fused-ring (bicyclic) bond motifs is 1. The van der Waals surface area contributed by atoms with Crippen molar-refractivity contribution in [2.45, 2.75) is 26.8 Å². The van der Waals surface area contributed by atoms with Gasteiger partial charge in [0, 0.05) is 25.4 Å². The van der Waals surface area contributed by atoms with Gasteiger partial charge in [-0.25, -0.2) is 15.0 Å². The number of aryl methyl sites for hydroxylation is 1. The highest BCUT2D eigenvalue weighted by atomic mass is 16.4. The van der Waals surface area contributed by atoms with Gasteiger partial charge < -0.3 is 19.5 Å². The number of nitrogens with one attached hydrogen (secondary N) is 2. The number of oxazole rings is 1. The van der Waals surface area contributed by atoms with E-state index >= 15 is 0 Å². The molecule has 0 saturated carbocycles. The fourth-order valence-electron chi connectivity index (χ4n) is 2.07. The molecule has 0 bridgehead atoms. The Labute approximate surface area is 122 Å². The molecule has 0 spiro atoms. The number of nitrogens with zero attached hydrogens (tertiary/aromatic N) is 4. The summed E-state index contributed by atoms with van der Waals surface area (Å²) in [6, 6.07) is 0. The Morgan fingerprint density at radius 2 is 2.14 bits per heavy atom. The third-order valence-electron chi connectivity index (χ3n) is 3.09. The number of aromatic nitrogens is 4. The van der Waals surface area contributed by atoms with E-state index in [1.807, 2.05) is 30.6 Å². The molecule has 3 aromatic rings. The summed E-state index contributed by atoms with van der Waals surface area (Å²) in [7, 11) is 0. The van der Waals surface area contributed by atoms with Crippen LogP contribution in [0, 0.1) is 0 Å². The second kappa shape index (κ2) is 5.82. The highest BCUT2D eigenvalue weighted by Gasteiger charge is 2.09. The van der Waals surface area contributed by atoms with Gasteiger partial charge in [0.2, 0.25) is 5.89 Å². The summed E-state index contributed by atoms with van der Waals surface area (Å²) in [6.07, 6.45) is 8.15. The molecule has 2 N–H and O–H groups in total. The SMILES string of the molecule is CCNc1cn2ccnc2c(NCc2ncc(CC)o2)n1. The molecule has 0 unspecified atom stereocenters. The van der Waals surface area contributed by atoms with Gasteiger partial charge >= 0.3 is 0 Å². The summed E-state index contributed by atoms with van der Waals surface area (Å²) in [5.41, 5.74) is 0.777. The summed E-state index contributed by atoms with van der Waals surface area (Å²) in [5.74, 6) is 3.03. The van der Waals surface area contributed by atoms with E-state index < -0.39 is 0 Å². The van der Waals surface area contributed by atoms with Gasteiger partial charge in [-0.15, -0.1) is 0 Å². The van der Waals surface area contributed by atoms with Crippen molar-refractivity contribution >= 4 is 17.3 Å².